The SMILES string of the molecule is ClC(Cl)(Cl)C1CC=NNN1. The predicted octanol–water partition coefficient (Wildman–Crippen LogP) is 1.21. The van der Waals surface area contributed by atoms with Crippen molar-refractivity contribution < 1.29 is 0 Å². The molecule has 0 bridgehead atoms. The lowest BCUT2D eigenvalue weighted by atomic mass is 10.2. The van der Waals surface area contributed by atoms with Crippen LogP contribution in [0.15, 0.2) is 5.10 Å². The Morgan fingerprint density at radius 1 is 1.50 bits per heavy atom. The molecule has 1 aliphatic rings. The lowest BCUT2D eigenvalue weighted by Gasteiger charge is -2.25. The Morgan fingerprint density at radius 2 is 2.20 bits per heavy atom. The highest BCUT2D eigenvalue weighted by Crippen LogP contribution is 2.31. The number of hydrazone groups is 1. The maximum atomic E-state index is 5.58. The van der Waals surface area contributed by atoms with Crippen LogP contribution in [0, 0.1) is 0 Å². The molecule has 0 spiro atoms. The second kappa shape index (κ2) is 3.13. The fourth-order valence-electron chi connectivity index (χ4n) is 0.593. The van der Waals surface area contributed by atoms with Crippen molar-refractivity contribution in [2.24, 2.45) is 5.10 Å². The van der Waals surface area contributed by atoms with E-state index < -0.39 is 3.79 Å². The van der Waals surface area contributed by atoms with Gasteiger partial charge in [0.1, 0.15) is 0 Å². The van der Waals surface area contributed by atoms with Gasteiger partial charge in [-0.15, -0.1) is 0 Å². The molecule has 3 nitrogen and oxygen atoms in total. The highest BCUT2D eigenvalue weighted by Gasteiger charge is 2.32. The molecule has 1 unspecified atom stereocenters. The van der Waals surface area contributed by atoms with Crippen LogP contribution in [0.5, 0.6) is 0 Å². The van der Waals surface area contributed by atoms with Crippen LogP contribution >= 0.6 is 34.8 Å². The van der Waals surface area contributed by atoms with E-state index in [0.717, 1.165) is 0 Å². The first-order valence-corrected chi connectivity index (χ1v) is 3.83. The Morgan fingerprint density at radius 3 is 2.50 bits per heavy atom. The zero-order valence-corrected chi connectivity index (χ0v) is 7.21. The standard InChI is InChI=1S/C4H6Cl3N3/c5-4(6,7)3-1-2-8-10-9-3/h2-3,9-10H,1H2. The molecule has 0 saturated carbocycles. The van der Waals surface area contributed by atoms with E-state index in [4.69, 9.17) is 34.8 Å². The van der Waals surface area contributed by atoms with Gasteiger partial charge in [0.25, 0.3) is 0 Å². The van der Waals surface area contributed by atoms with Crippen molar-refractivity contribution >= 4 is 41.0 Å². The van der Waals surface area contributed by atoms with Crippen molar-refractivity contribution in [2.75, 3.05) is 0 Å². The number of halogens is 3. The van der Waals surface area contributed by atoms with Crippen molar-refractivity contribution in [3.8, 4) is 0 Å². The van der Waals surface area contributed by atoms with Gasteiger partial charge in [0, 0.05) is 12.6 Å². The molecule has 2 N–H and O–H groups in total. The van der Waals surface area contributed by atoms with E-state index in [0.29, 0.717) is 6.42 Å². The predicted molar refractivity (Wildman–Crippen MR) is 43.5 cm³/mol. The van der Waals surface area contributed by atoms with Gasteiger partial charge in [0.2, 0.25) is 3.79 Å². The van der Waals surface area contributed by atoms with E-state index in [1.165, 1.54) is 0 Å². The fraction of sp³-hybridized carbons (Fsp3) is 0.750. The molecule has 6 heteroatoms. The highest BCUT2D eigenvalue weighted by molar-refractivity contribution is 6.68. The molecule has 0 aliphatic carbocycles. The summed E-state index contributed by atoms with van der Waals surface area (Å²) in [4.78, 5) is 0. The maximum Gasteiger partial charge on any atom is 0.207 e. The number of alkyl halides is 3. The molecule has 0 saturated heterocycles. The molecule has 1 rings (SSSR count). The van der Waals surface area contributed by atoms with Crippen molar-refractivity contribution in [1.29, 1.82) is 0 Å². The second-order valence-electron chi connectivity index (χ2n) is 1.90. The Bertz CT molecular complexity index is 141. The Hall–Kier alpha value is 0.300. The van der Waals surface area contributed by atoms with Gasteiger partial charge in [-0.25, -0.2) is 11.0 Å². The zero-order chi connectivity index (χ0) is 7.61. The highest BCUT2D eigenvalue weighted by atomic mass is 35.6. The molecule has 58 valence electrons. The van der Waals surface area contributed by atoms with Crippen LogP contribution in [0.3, 0.4) is 0 Å². The summed E-state index contributed by atoms with van der Waals surface area (Å²) < 4.78 is -1.28. The van der Waals surface area contributed by atoms with Crippen LogP contribution in [-0.4, -0.2) is 16.0 Å². The van der Waals surface area contributed by atoms with Crippen LogP contribution < -0.4 is 11.0 Å². The second-order valence-corrected chi connectivity index (χ2v) is 4.27. The van der Waals surface area contributed by atoms with Crippen molar-refractivity contribution in [3.63, 3.8) is 0 Å². The van der Waals surface area contributed by atoms with Crippen LogP contribution in [-0.2, 0) is 0 Å². The number of hydrazine groups is 1. The molecule has 10 heavy (non-hydrogen) atoms. The number of nitrogens with one attached hydrogen (secondary N) is 2. The quantitative estimate of drug-likeness (QED) is 0.579. The topological polar surface area (TPSA) is 36.4 Å². The van der Waals surface area contributed by atoms with Crippen LogP contribution in [0.4, 0.5) is 0 Å². The van der Waals surface area contributed by atoms with Gasteiger partial charge < -0.3 is 0 Å². The number of hydrogen-bond donors (Lipinski definition) is 2. The van der Waals surface area contributed by atoms with E-state index in [1.54, 1.807) is 6.21 Å². The van der Waals surface area contributed by atoms with Gasteiger partial charge in [-0.05, 0) is 0 Å². The minimum absolute atomic E-state index is 0.213. The summed E-state index contributed by atoms with van der Waals surface area (Å²) in [7, 11) is 0. The van der Waals surface area contributed by atoms with Gasteiger partial charge in [-0.2, -0.15) is 5.10 Å². The fourth-order valence-corrected chi connectivity index (χ4v) is 1.02. The third-order valence-electron chi connectivity index (χ3n) is 1.13. The average molecular weight is 202 g/mol. The Balaban J connectivity index is 2.49. The van der Waals surface area contributed by atoms with Crippen LogP contribution in [0.1, 0.15) is 6.42 Å². The zero-order valence-electron chi connectivity index (χ0n) is 4.94. The summed E-state index contributed by atoms with van der Waals surface area (Å²) in [5.41, 5.74) is 5.22. The molecule has 0 fully saturated rings. The largest absolute Gasteiger partial charge is 0.243 e. The lowest BCUT2D eigenvalue weighted by Crippen LogP contribution is -2.48. The first-order valence-electron chi connectivity index (χ1n) is 2.69. The summed E-state index contributed by atoms with van der Waals surface area (Å²) in [5.74, 6) is 0. The molecule has 0 amide bonds. The summed E-state index contributed by atoms with van der Waals surface area (Å²) >= 11 is 16.7. The van der Waals surface area contributed by atoms with E-state index in [9.17, 15) is 0 Å². The molecule has 1 heterocycles. The van der Waals surface area contributed by atoms with Crippen LogP contribution in [0.2, 0.25) is 0 Å². The molecular weight excluding hydrogens is 196 g/mol. The van der Waals surface area contributed by atoms with Crippen molar-refractivity contribution in [1.82, 2.24) is 11.0 Å². The van der Waals surface area contributed by atoms with E-state index >= 15 is 0 Å². The molecular formula is C4H6Cl3N3. The minimum atomic E-state index is -1.28. The molecule has 0 aromatic heterocycles. The third-order valence-corrected chi connectivity index (χ3v) is 1.92. The van der Waals surface area contributed by atoms with Gasteiger partial charge in [0.15, 0.2) is 0 Å². The Kier molecular flexibility index (Phi) is 2.63. The first kappa shape index (κ1) is 8.40. The summed E-state index contributed by atoms with van der Waals surface area (Å²) in [6.07, 6.45) is 2.27. The number of rotatable bonds is 0. The normalized spacial score (nSPS) is 26.1. The summed E-state index contributed by atoms with van der Waals surface area (Å²) in [6.45, 7) is 0. The number of hydrogen-bond acceptors (Lipinski definition) is 3. The van der Waals surface area contributed by atoms with Gasteiger partial charge in [-0.3, -0.25) is 0 Å². The smallest absolute Gasteiger partial charge is 0.207 e. The molecule has 0 radical (unpaired) electrons. The van der Waals surface area contributed by atoms with Crippen molar-refractivity contribution in [2.45, 2.75) is 16.3 Å². The van der Waals surface area contributed by atoms with E-state index in [-0.39, 0.29) is 6.04 Å². The molecule has 1 atom stereocenters. The molecule has 0 aromatic carbocycles. The average Bonchev–Trinajstić information content (AvgIpc) is 1.88. The lowest BCUT2D eigenvalue weighted by molar-refractivity contribution is 0.434. The van der Waals surface area contributed by atoms with Gasteiger partial charge >= 0.3 is 0 Å². The molecule has 1 aliphatic heterocycles. The maximum absolute atomic E-state index is 5.58. The Labute approximate surface area is 73.7 Å². The van der Waals surface area contributed by atoms with Gasteiger partial charge in [0.05, 0.1) is 6.04 Å². The minimum Gasteiger partial charge on any atom is -0.243 e. The molecule has 0 aromatic rings. The number of nitrogens with zero attached hydrogens (tertiary/aromatic N) is 1. The third kappa shape index (κ3) is 2.16. The summed E-state index contributed by atoms with van der Waals surface area (Å²) in [6, 6.07) is -0.213. The monoisotopic (exact) mass is 201 g/mol. The van der Waals surface area contributed by atoms with Crippen LogP contribution in [0.25, 0.3) is 0 Å². The first-order chi connectivity index (χ1) is 4.61. The van der Waals surface area contributed by atoms with E-state index in [2.05, 4.69) is 16.1 Å². The van der Waals surface area contributed by atoms with Gasteiger partial charge in [-0.1, -0.05) is 34.8 Å². The van der Waals surface area contributed by atoms with E-state index in [1.807, 2.05) is 0 Å². The van der Waals surface area contributed by atoms with Crippen molar-refractivity contribution in [3.05, 3.63) is 0 Å². The summed E-state index contributed by atoms with van der Waals surface area (Å²) in [5, 5.41) is 3.68.